The van der Waals surface area contributed by atoms with Crippen LogP contribution >= 0.6 is 0 Å². The van der Waals surface area contributed by atoms with Crippen molar-refractivity contribution in [3.8, 4) is 0 Å². The topological polar surface area (TPSA) is 77.8 Å². The smallest absolute Gasteiger partial charge is 0.303 e. The zero-order valence-corrected chi connectivity index (χ0v) is 20.9. The molecule has 1 aromatic rings. The molecular formula is C24H31FO4Pr. The predicted molar refractivity (Wildman–Crippen MR) is 110 cm³/mol. The number of hydrogen-bond acceptors (Lipinski definition) is 3. The monoisotopic (exact) mass is 543 g/mol. The molecule has 2 aliphatic carbocycles. The first-order valence-electron chi connectivity index (χ1n) is 10.6. The molecule has 0 aliphatic heterocycles. The largest absolute Gasteiger partial charge is 0.481 e. The molecule has 1 aromatic carbocycles. The van der Waals surface area contributed by atoms with Crippen LogP contribution in [0.2, 0.25) is 0 Å². The maximum atomic E-state index is 14.5. The van der Waals surface area contributed by atoms with Gasteiger partial charge in [0.25, 0.3) is 0 Å². The van der Waals surface area contributed by atoms with Gasteiger partial charge in [-0.2, -0.15) is 0 Å². The van der Waals surface area contributed by atoms with Crippen molar-refractivity contribution in [1.29, 1.82) is 0 Å². The number of aliphatic hydroxyl groups excluding tert-OH is 2. The first kappa shape index (κ1) is 25.6. The fourth-order valence-electron chi connectivity index (χ4n) is 4.64. The zero-order chi connectivity index (χ0) is 20.8. The molecule has 3 rings (SSSR count). The summed E-state index contributed by atoms with van der Waals surface area (Å²) in [5.41, 5.74) is 2.55. The van der Waals surface area contributed by atoms with Crippen molar-refractivity contribution in [3.63, 3.8) is 0 Å². The first-order chi connectivity index (χ1) is 14.0. The van der Waals surface area contributed by atoms with E-state index in [2.05, 4.69) is 12.1 Å². The molecule has 6 heteroatoms. The summed E-state index contributed by atoms with van der Waals surface area (Å²) in [7, 11) is 0. The van der Waals surface area contributed by atoms with E-state index in [9.17, 15) is 19.4 Å². The van der Waals surface area contributed by atoms with Crippen LogP contribution < -0.4 is 0 Å². The van der Waals surface area contributed by atoms with Crippen molar-refractivity contribution in [2.24, 2.45) is 17.8 Å². The maximum Gasteiger partial charge on any atom is 0.303 e. The van der Waals surface area contributed by atoms with E-state index in [0.29, 0.717) is 19.3 Å². The normalized spacial score (nSPS) is 27.4. The molecule has 3 N–H and O–H groups in total. The number of aliphatic carboxylic acids is 1. The van der Waals surface area contributed by atoms with Gasteiger partial charge in [0, 0.05) is 60.1 Å². The summed E-state index contributed by atoms with van der Waals surface area (Å²) in [6.45, 7) is 0. The van der Waals surface area contributed by atoms with Gasteiger partial charge < -0.3 is 15.3 Å². The zero-order valence-electron chi connectivity index (χ0n) is 17.2. The minimum Gasteiger partial charge on any atom is -0.481 e. The Morgan fingerprint density at radius 3 is 2.50 bits per heavy atom. The van der Waals surface area contributed by atoms with Gasteiger partial charge in [0.2, 0.25) is 0 Å². The van der Waals surface area contributed by atoms with Gasteiger partial charge in [0.15, 0.2) is 0 Å². The van der Waals surface area contributed by atoms with Crippen LogP contribution in [0.3, 0.4) is 0 Å². The third-order valence-corrected chi connectivity index (χ3v) is 6.31. The Morgan fingerprint density at radius 1 is 1.20 bits per heavy atom. The molecule has 4 nitrogen and oxygen atoms in total. The van der Waals surface area contributed by atoms with E-state index < -0.39 is 30.3 Å². The summed E-state index contributed by atoms with van der Waals surface area (Å²) in [5.74, 6) is -1.32. The minimum absolute atomic E-state index is 0. The molecule has 0 saturated heterocycles. The quantitative estimate of drug-likeness (QED) is 0.327. The van der Waals surface area contributed by atoms with Gasteiger partial charge in [-0.1, -0.05) is 48.6 Å². The second-order valence-electron chi connectivity index (χ2n) is 8.37. The summed E-state index contributed by atoms with van der Waals surface area (Å²) >= 11 is 0. The summed E-state index contributed by atoms with van der Waals surface area (Å²) in [6.07, 6.45) is 8.57. The van der Waals surface area contributed by atoms with Gasteiger partial charge in [-0.3, -0.25) is 4.79 Å². The van der Waals surface area contributed by atoms with E-state index >= 15 is 0 Å². The number of carboxylic acids is 1. The fourth-order valence-corrected chi connectivity index (χ4v) is 4.64. The van der Waals surface area contributed by atoms with E-state index in [-0.39, 0.29) is 66.0 Å². The van der Waals surface area contributed by atoms with E-state index in [0.717, 1.165) is 12.8 Å². The van der Waals surface area contributed by atoms with Gasteiger partial charge in [-0.05, 0) is 55.1 Å². The number of alkyl halides is 1. The number of hydrogen-bond donors (Lipinski definition) is 3. The van der Waals surface area contributed by atoms with Gasteiger partial charge in [-0.15, -0.1) is 0 Å². The van der Waals surface area contributed by atoms with Crippen molar-refractivity contribution in [3.05, 3.63) is 59.7 Å². The van der Waals surface area contributed by atoms with Crippen molar-refractivity contribution in [2.45, 2.75) is 63.3 Å². The van der Waals surface area contributed by atoms with Gasteiger partial charge in [0.1, 0.15) is 6.17 Å². The molecule has 0 amide bonds. The Balaban J connectivity index is 0.00000320. The molecule has 161 valence electrons. The summed E-state index contributed by atoms with van der Waals surface area (Å²) in [5, 5.41) is 29.5. The number of fused-ring (bicyclic) bond motifs is 1. The number of carbonyl (C=O) groups is 1. The molecule has 1 saturated carbocycles. The van der Waals surface area contributed by atoms with Crippen LogP contribution in [-0.2, 0) is 17.6 Å². The Hall–Kier alpha value is -0.616. The Bertz CT molecular complexity index is 725. The Kier molecular flexibility index (Phi) is 10.6. The molecule has 5 atom stereocenters. The van der Waals surface area contributed by atoms with Gasteiger partial charge in [-0.25, -0.2) is 4.39 Å². The standard InChI is InChI=1S/C24H31FO4.Pr/c25-21-15-23(27)20(9-3-1-2-4-10-24(28)29)19(21)11-12-22(26)18-13-16-7-5-6-8-17(16)14-18;/h1,3,5-8,11-12,18-23,26-27H,2,4,9-10,13-15H2,(H,28,29);/b3-1-,12-11+;/t19-,20-,21+,22+,23+;/m1./s1. The van der Waals surface area contributed by atoms with Crippen LogP contribution in [0, 0.1) is 59.0 Å². The van der Waals surface area contributed by atoms with Crippen LogP contribution in [0.1, 0.15) is 43.2 Å². The second kappa shape index (κ2) is 12.4. The number of allylic oxidation sites excluding steroid dienone is 3. The van der Waals surface area contributed by atoms with E-state index in [4.69, 9.17) is 5.11 Å². The van der Waals surface area contributed by atoms with Crippen LogP contribution in [0.25, 0.3) is 0 Å². The molecule has 0 spiro atoms. The maximum absolute atomic E-state index is 14.5. The van der Waals surface area contributed by atoms with E-state index in [1.165, 1.54) is 11.1 Å². The molecule has 30 heavy (non-hydrogen) atoms. The molecule has 0 aromatic heterocycles. The van der Waals surface area contributed by atoms with Crippen molar-refractivity contribution >= 4 is 5.97 Å². The molecule has 2 aliphatic rings. The van der Waals surface area contributed by atoms with Crippen LogP contribution in [0.15, 0.2) is 48.6 Å². The van der Waals surface area contributed by atoms with Crippen molar-refractivity contribution < 1.29 is 65.8 Å². The van der Waals surface area contributed by atoms with Crippen molar-refractivity contribution in [2.75, 3.05) is 0 Å². The molecule has 1 radical (unpaired) electrons. The minimum atomic E-state index is -1.11. The van der Waals surface area contributed by atoms with Crippen LogP contribution in [0.4, 0.5) is 4.39 Å². The average Bonchev–Trinajstić information content (AvgIpc) is 3.23. The average molecular weight is 543 g/mol. The SMILES string of the molecule is O=C(O)CCC/C=C\C[C@@H]1[C@@H](/C=C/[C@H](O)C2Cc3ccccc3C2)[C@@H](F)C[C@@H]1O.[Pr]. The molecule has 1 fully saturated rings. The van der Waals surface area contributed by atoms with Gasteiger partial charge in [0.05, 0.1) is 12.2 Å². The third-order valence-electron chi connectivity index (χ3n) is 6.31. The molecule has 0 bridgehead atoms. The summed E-state index contributed by atoms with van der Waals surface area (Å²) in [6, 6.07) is 8.21. The molecular weight excluding hydrogens is 512 g/mol. The number of rotatable bonds is 9. The van der Waals surface area contributed by atoms with Crippen LogP contribution in [0.5, 0.6) is 0 Å². The third kappa shape index (κ3) is 6.95. The number of benzene rings is 1. The number of unbranched alkanes of at least 4 members (excludes halogenated alkanes) is 1. The number of halogens is 1. The number of aliphatic hydroxyl groups is 2. The first-order valence-corrected chi connectivity index (χ1v) is 10.6. The Labute approximate surface area is 211 Å². The van der Waals surface area contributed by atoms with E-state index in [1.54, 1.807) is 12.2 Å². The summed E-state index contributed by atoms with van der Waals surface area (Å²) < 4.78 is 14.5. The molecule has 0 heterocycles. The van der Waals surface area contributed by atoms with E-state index in [1.807, 2.05) is 24.3 Å². The van der Waals surface area contributed by atoms with Crippen molar-refractivity contribution in [1.82, 2.24) is 0 Å². The predicted octanol–water partition coefficient (Wildman–Crippen LogP) is 3.85. The second-order valence-corrected chi connectivity index (χ2v) is 8.37. The Morgan fingerprint density at radius 2 is 1.87 bits per heavy atom. The fraction of sp³-hybridized carbons (Fsp3) is 0.542. The molecule has 0 unspecified atom stereocenters. The summed E-state index contributed by atoms with van der Waals surface area (Å²) in [4.78, 5) is 10.5. The van der Waals surface area contributed by atoms with Crippen LogP contribution in [-0.4, -0.2) is 39.7 Å². The number of carboxylic acid groups (broad SMARTS) is 1. The van der Waals surface area contributed by atoms with Gasteiger partial charge >= 0.3 is 5.97 Å².